The van der Waals surface area contributed by atoms with Crippen LogP contribution in [0.5, 0.6) is 0 Å². The van der Waals surface area contributed by atoms with Crippen molar-refractivity contribution in [3.05, 3.63) is 89.5 Å². The average molecular weight is 441 g/mol. The van der Waals surface area contributed by atoms with Gasteiger partial charge in [-0.05, 0) is 53.9 Å². The molecule has 3 aromatic rings. The molecule has 1 N–H and O–H groups in total. The fourth-order valence-corrected chi connectivity index (χ4v) is 4.22. The van der Waals surface area contributed by atoms with Crippen LogP contribution in [0.25, 0.3) is 0 Å². The molecule has 1 fully saturated rings. The summed E-state index contributed by atoms with van der Waals surface area (Å²) in [5, 5.41) is 2.87. The van der Waals surface area contributed by atoms with Crippen LogP contribution < -0.4 is 15.1 Å². The maximum Gasteiger partial charge on any atom is 0.414 e. The number of para-hydroxylation sites is 1. The summed E-state index contributed by atoms with van der Waals surface area (Å²) in [7, 11) is 0. The number of cyclic esters (lactones) is 1. The quantitative estimate of drug-likeness (QED) is 0.649. The van der Waals surface area contributed by atoms with Gasteiger partial charge in [0.15, 0.2) is 0 Å². The van der Waals surface area contributed by atoms with E-state index in [1.165, 1.54) is 10.5 Å². The summed E-state index contributed by atoms with van der Waals surface area (Å²) in [5.74, 6) is -0.212. The first-order chi connectivity index (χ1) is 16.1. The van der Waals surface area contributed by atoms with Gasteiger partial charge in [-0.15, -0.1) is 0 Å². The molecule has 2 heterocycles. The van der Waals surface area contributed by atoms with Crippen LogP contribution in [0.15, 0.2) is 72.8 Å². The molecule has 7 nitrogen and oxygen atoms in total. The summed E-state index contributed by atoms with van der Waals surface area (Å²) in [6.45, 7) is 1.52. The summed E-state index contributed by atoms with van der Waals surface area (Å²) in [4.78, 5) is 40.6. The molecule has 7 heteroatoms. The van der Waals surface area contributed by atoms with Crippen molar-refractivity contribution >= 4 is 35.0 Å². The van der Waals surface area contributed by atoms with Gasteiger partial charge in [0, 0.05) is 29.2 Å². The first-order valence-electron chi connectivity index (χ1n) is 10.9. The molecule has 0 atom stereocenters. The summed E-state index contributed by atoms with van der Waals surface area (Å²) in [5.41, 5.74) is 4.79. The fraction of sp³-hybridized carbons (Fsp3) is 0.192. The molecular weight excluding hydrogens is 418 g/mol. The number of nitrogens with one attached hydrogen (secondary N) is 1. The van der Waals surface area contributed by atoms with E-state index in [9.17, 15) is 14.4 Å². The van der Waals surface area contributed by atoms with Crippen LogP contribution in [-0.4, -0.2) is 37.6 Å². The highest BCUT2D eigenvalue weighted by Gasteiger charge is 2.25. The Bertz CT molecular complexity index is 1220. The summed E-state index contributed by atoms with van der Waals surface area (Å²) >= 11 is 0. The minimum atomic E-state index is -0.407. The van der Waals surface area contributed by atoms with Crippen LogP contribution in [0.3, 0.4) is 0 Å². The van der Waals surface area contributed by atoms with E-state index < -0.39 is 6.09 Å². The highest BCUT2D eigenvalue weighted by atomic mass is 16.6. The van der Waals surface area contributed by atoms with E-state index in [4.69, 9.17) is 4.74 Å². The summed E-state index contributed by atoms with van der Waals surface area (Å²) < 4.78 is 4.96. The molecular formula is C26H23N3O4. The standard InChI is InChI=1S/C26H23N3O4/c30-24(29-13-12-19-4-1-2-7-23(19)29)16-18-8-10-21(11-9-18)27-25(31)20-5-3-6-22(17-20)28-14-15-33-26(28)32/h1-11,17H,12-16H2,(H,27,31). The highest BCUT2D eigenvalue weighted by Crippen LogP contribution is 2.28. The van der Waals surface area contributed by atoms with Crippen LogP contribution in [0.4, 0.5) is 21.9 Å². The van der Waals surface area contributed by atoms with E-state index in [0.29, 0.717) is 43.1 Å². The predicted molar refractivity (Wildman–Crippen MR) is 126 cm³/mol. The van der Waals surface area contributed by atoms with Crippen LogP contribution in [0.1, 0.15) is 21.5 Å². The third-order valence-electron chi connectivity index (χ3n) is 5.94. The highest BCUT2D eigenvalue weighted by molar-refractivity contribution is 6.05. The second-order valence-corrected chi connectivity index (χ2v) is 8.07. The lowest BCUT2D eigenvalue weighted by Gasteiger charge is -2.17. The Labute approximate surface area is 191 Å². The van der Waals surface area contributed by atoms with Gasteiger partial charge < -0.3 is 15.0 Å². The van der Waals surface area contributed by atoms with Gasteiger partial charge in [0.2, 0.25) is 5.91 Å². The Morgan fingerprint density at radius 2 is 1.76 bits per heavy atom. The third-order valence-corrected chi connectivity index (χ3v) is 5.94. The largest absolute Gasteiger partial charge is 0.447 e. The summed E-state index contributed by atoms with van der Waals surface area (Å²) in [6, 6.07) is 22.2. The van der Waals surface area contributed by atoms with Crippen molar-refractivity contribution < 1.29 is 19.1 Å². The topological polar surface area (TPSA) is 79.0 Å². The number of hydrogen-bond donors (Lipinski definition) is 1. The lowest BCUT2D eigenvalue weighted by Crippen LogP contribution is -2.30. The fourth-order valence-electron chi connectivity index (χ4n) is 4.22. The van der Waals surface area contributed by atoms with Crippen LogP contribution in [-0.2, 0) is 22.4 Å². The van der Waals surface area contributed by atoms with Gasteiger partial charge >= 0.3 is 6.09 Å². The lowest BCUT2D eigenvalue weighted by atomic mass is 10.1. The second-order valence-electron chi connectivity index (χ2n) is 8.07. The first-order valence-corrected chi connectivity index (χ1v) is 10.9. The van der Waals surface area contributed by atoms with E-state index in [-0.39, 0.29) is 11.8 Å². The SMILES string of the molecule is O=C(Nc1ccc(CC(=O)N2CCc3ccccc32)cc1)c1cccc(N2CCOC2=O)c1. The van der Waals surface area contributed by atoms with Crippen LogP contribution in [0, 0.1) is 0 Å². The van der Waals surface area contributed by atoms with E-state index in [2.05, 4.69) is 11.4 Å². The minimum absolute atomic E-state index is 0.0639. The third kappa shape index (κ3) is 4.30. The van der Waals surface area contributed by atoms with Crippen molar-refractivity contribution in [2.24, 2.45) is 0 Å². The molecule has 166 valence electrons. The van der Waals surface area contributed by atoms with Gasteiger partial charge in [0.25, 0.3) is 5.91 Å². The van der Waals surface area contributed by atoms with E-state index >= 15 is 0 Å². The Morgan fingerprint density at radius 1 is 0.939 bits per heavy atom. The van der Waals surface area contributed by atoms with Gasteiger partial charge in [-0.2, -0.15) is 0 Å². The number of hydrogen-bond acceptors (Lipinski definition) is 4. The Morgan fingerprint density at radius 3 is 2.55 bits per heavy atom. The van der Waals surface area contributed by atoms with Gasteiger partial charge in [-0.1, -0.05) is 36.4 Å². The molecule has 0 saturated carbocycles. The molecule has 3 aromatic carbocycles. The van der Waals surface area contributed by atoms with Crippen molar-refractivity contribution in [3.63, 3.8) is 0 Å². The molecule has 3 amide bonds. The molecule has 0 bridgehead atoms. The maximum atomic E-state index is 12.8. The zero-order valence-electron chi connectivity index (χ0n) is 18.0. The summed E-state index contributed by atoms with van der Waals surface area (Å²) in [6.07, 6.45) is 0.777. The smallest absolute Gasteiger partial charge is 0.414 e. The van der Waals surface area contributed by atoms with Gasteiger partial charge in [-0.3, -0.25) is 14.5 Å². The molecule has 2 aliphatic rings. The number of amides is 3. The average Bonchev–Trinajstić information content (AvgIpc) is 3.46. The van der Waals surface area contributed by atoms with Gasteiger partial charge in [0.05, 0.1) is 13.0 Å². The number of carbonyl (C=O) groups is 3. The monoisotopic (exact) mass is 441 g/mol. The number of nitrogens with zero attached hydrogens (tertiary/aromatic N) is 2. The van der Waals surface area contributed by atoms with E-state index in [1.807, 2.05) is 35.2 Å². The second kappa shape index (κ2) is 8.78. The molecule has 5 rings (SSSR count). The molecule has 0 aromatic heterocycles. The van der Waals surface area contributed by atoms with Gasteiger partial charge in [-0.25, -0.2) is 4.79 Å². The van der Waals surface area contributed by atoms with Crippen LogP contribution in [0.2, 0.25) is 0 Å². The van der Waals surface area contributed by atoms with E-state index in [1.54, 1.807) is 36.4 Å². The zero-order chi connectivity index (χ0) is 22.8. The first kappa shape index (κ1) is 20.8. The Balaban J connectivity index is 1.22. The number of carbonyl (C=O) groups excluding carboxylic acids is 3. The predicted octanol–water partition coefficient (Wildman–Crippen LogP) is 4.03. The maximum absolute atomic E-state index is 12.8. The van der Waals surface area contributed by atoms with Gasteiger partial charge in [0.1, 0.15) is 6.61 Å². The van der Waals surface area contributed by atoms with Crippen molar-refractivity contribution in [1.29, 1.82) is 0 Å². The number of fused-ring (bicyclic) bond motifs is 1. The number of anilines is 3. The zero-order valence-corrected chi connectivity index (χ0v) is 18.0. The number of benzene rings is 3. The molecule has 2 aliphatic heterocycles. The minimum Gasteiger partial charge on any atom is -0.447 e. The Hall–Kier alpha value is -4.13. The van der Waals surface area contributed by atoms with Crippen molar-refractivity contribution in [1.82, 2.24) is 0 Å². The number of rotatable bonds is 5. The molecule has 0 radical (unpaired) electrons. The van der Waals surface area contributed by atoms with Crippen molar-refractivity contribution in [3.8, 4) is 0 Å². The van der Waals surface area contributed by atoms with E-state index in [0.717, 1.165) is 17.7 Å². The van der Waals surface area contributed by atoms with Crippen LogP contribution >= 0.6 is 0 Å². The van der Waals surface area contributed by atoms with Crippen molar-refractivity contribution in [2.75, 3.05) is 34.8 Å². The normalized spacial score (nSPS) is 14.7. The Kier molecular flexibility index (Phi) is 5.52. The molecule has 33 heavy (non-hydrogen) atoms. The molecule has 0 unspecified atom stereocenters. The number of ether oxygens (including phenoxy) is 1. The molecule has 1 saturated heterocycles. The molecule has 0 spiro atoms. The molecule has 0 aliphatic carbocycles. The van der Waals surface area contributed by atoms with Crippen molar-refractivity contribution in [2.45, 2.75) is 12.8 Å². The lowest BCUT2D eigenvalue weighted by molar-refractivity contribution is -0.117.